The monoisotopic (exact) mass is 455 g/mol. The molecule has 0 saturated carbocycles. The third-order valence-electron chi connectivity index (χ3n) is 5.58. The Morgan fingerprint density at radius 2 is 1.89 bits per heavy atom. The molecule has 3 rings (SSSR count). The number of hydrogen-bond donors (Lipinski definition) is 1. The fourth-order valence-corrected chi connectivity index (χ4v) is 4.59. The van der Waals surface area contributed by atoms with Crippen LogP contribution >= 0.6 is 15.9 Å². The minimum atomic E-state index is -0.421. The maximum Gasteiger partial charge on any atom is 0.225 e. The van der Waals surface area contributed by atoms with Crippen molar-refractivity contribution in [1.29, 1.82) is 0 Å². The van der Waals surface area contributed by atoms with Gasteiger partial charge in [-0.1, -0.05) is 15.9 Å². The number of carbonyl (C=O) groups is 1. The lowest BCUT2D eigenvalue weighted by molar-refractivity contribution is -0.116. The molecule has 0 spiro atoms. The van der Waals surface area contributed by atoms with E-state index in [1.807, 2.05) is 0 Å². The van der Waals surface area contributed by atoms with Crippen LogP contribution < -0.4 is 5.32 Å². The quantitative estimate of drug-likeness (QED) is 0.709. The van der Waals surface area contributed by atoms with Gasteiger partial charge in [0.05, 0.1) is 17.9 Å². The summed E-state index contributed by atoms with van der Waals surface area (Å²) in [6.07, 6.45) is 3.36. The highest BCUT2D eigenvalue weighted by molar-refractivity contribution is 9.10. The average Bonchev–Trinajstić information content (AvgIpc) is 2.63. The summed E-state index contributed by atoms with van der Waals surface area (Å²) in [5.74, 6) is 0.161. The first-order valence-electron chi connectivity index (χ1n) is 10.2. The number of piperidine rings is 1. The second kappa shape index (κ2) is 10.1. The Labute approximate surface area is 175 Å². The molecule has 28 heavy (non-hydrogen) atoms. The van der Waals surface area contributed by atoms with Crippen molar-refractivity contribution in [2.24, 2.45) is 5.92 Å². The minimum Gasteiger partial charge on any atom is -0.373 e. The van der Waals surface area contributed by atoms with Crippen LogP contribution in [0.2, 0.25) is 0 Å². The first kappa shape index (κ1) is 21.7. The van der Waals surface area contributed by atoms with Crippen LogP contribution in [0.4, 0.5) is 10.1 Å². The van der Waals surface area contributed by atoms with E-state index in [2.05, 4.69) is 44.9 Å². The number of nitrogens with zero attached hydrogens (tertiary/aromatic N) is 2. The van der Waals surface area contributed by atoms with E-state index in [1.54, 1.807) is 12.1 Å². The summed E-state index contributed by atoms with van der Waals surface area (Å²) in [5, 5.41) is 2.67. The van der Waals surface area contributed by atoms with Crippen LogP contribution in [0.1, 0.15) is 33.1 Å². The molecule has 2 fully saturated rings. The first-order chi connectivity index (χ1) is 13.4. The van der Waals surface area contributed by atoms with Crippen LogP contribution in [0.5, 0.6) is 0 Å². The Hall–Kier alpha value is -1.02. The smallest absolute Gasteiger partial charge is 0.225 e. The van der Waals surface area contributed by atoms with E-state index < -0.39 is 5.82 Å². The summed E-state index contributed by atoms with van der Waals surface area (Å²) >= 11 is 3.22. The zero-order chi connectivity index (χ0) is 20.1. The Morgan fingerprint density at radius 3 is 2.54 bits per heavy atom. The van der Waals surface area contributed by atoms with Gasteiger partial charge in [0.15, 0.2) is 0 Å². The Balaban J connectivity index is 1.35. The summed E-state index contributed by atoms with van der Waals surface area (Å²) in [6, 6.07) is 4.66. The number of rotatable bonds is 6. The summed E-state index contributed by atoms with van der Waals surface area (Å²) in [7, 11) is 0. The number of halogens is 2. The van der Waals surface area contributed by atoms with Crippen molar-refractivity contribution in [2.75, 3.05) is 44.6 Å². The zero-order valence-corrected chi connectivity index (χ0v) is 18.4. The third kappa shape index (κ3) is 6.51. The summed E-state index contributed by atoms with van der Waals surface area (Å²) in [6.45, 7) is 10.3. The SMILES string of the molecule is CC1CN(CC2CCN(CCC(=O)Nc3ccc(Br)cc3F)CC2)CC(C)O1. The van der Waals surface area contributed by atoms with Gasteiger partial charge in [-0.3, -0.25) is 9.69 Å². The molecule has 1 amide bonds. The predicted octanol–water partition coefficient (Wildman–Crippen LogP) is 3.74. The molecule has 2 heterocycles. The van der Waals surface area contributed by atoms with Gasteiger partial charge in [-0.25, -0.2) is 4.39 Å². The lowest BCUT2D eigenvalue weighted by Crippen LogP contribution is -2.48. The minimum absolute atomic E-state index is 0.139. The van der Waals surface area contributed by atoms with Gasteiger partial charge in [0, 0.05) is 37.1 Å². The van der Waals surface area contributed by atoms with Crippen LogP contribution in [-0.2, 0) is 9.53 Å². The van der Waals surface area contributed by atoms with E-state index in [-0.39, 0.29) is 11.6 Å². The second-order valence-electron chi connectivity index (χ2n) is 8.18. The van der Waals surface area contributed by atoms with E-state index in [0.29, 0.717) is 23.1 Å². The number of ether oxygens (including phenoxy) is 1. The molecule has 2 atom stereocenters. The molecule has 7 heteroatoms. The highest BCUT2D eigenvalue weighted by atomic mass is 79.9. The molecular weight excluding hydrogens is 425 g/mol. The number of likely N-dealkylation sites (tertiary alicyclic amines) is 1. The van der Waals surface area contributed by atoms with E-state index >= 15 is 0 Å². The molecule has 0 radical (unpaired) electrons. The van der Waals surface area contributed by atoms with Crippen LogP contribution in [-0.4, -0.2) is 67.2 Å². The van der Waals surface area contributed by atoms with Crippen molar-refractivity contribution >= 4 is 27.5 Å². The Bertz CT molecular complexity index is 657. The number of amides is 1. The maximum atomic E-state index is 13.8. The highest BCUT2D eigenvalue weighted by Gasteiger charge is 2.26. The fraction of sp³-hybridized carbons (Fsp3) is 0.667. The number of anilines is 1. The summed E-state index contributed by atoms with van der Waals surface area (Å²) in [5.41, 5.74) is 0.237. The fourth-order valence-electron chi connectivity index (χ4n) is 4.25. The molecule has 1 aromatic rings. The van der Waals surface area contributed by atoms with Crippen LogP contribution in [0, 0.1) is 11.7 Å². The topological polar surface area (TPSA) is 44.8 Å². The molecular formula is C21H31BrFN3O2. The Morgan fingerprint density at radius 1 is 1.21 bits per heavy atom. The number of carbonyl (C=O) groups excluding carboxylic acids is 1. The van der Waals surface area contributed by atoms with Crippen LogP contribution in [0.3, 0.4) is 0 Å². The standard InChI is InChI=1S/C21H31BrFN3O2/c1-15-12-26(13-16(2)28-15)14-17-5-8-25(9-6-17)10-7-21(27)24-20-4-3-18(22)11-19(20)23/h3-4,11,15-17H,5-10,12-14H2,1-2H3,(H,24,27). The largest absolute Gasteiger partial charge is 0.373 e. The third-order valence-corrected chi connectivity index (χ3v) is 6.07. The average molecular weight is 456 g/mol. The van der Waals surface area contributed by atoms with Crippen LogP contribution in [0.15, 0.2) is 22.7 Å². The van der Waals surface area contributed by atoms with Gasteiger partial charge in [-0.15, -0.1) is 0 Å². The van der Waals surface area contributed by atoms with Gasteiger partial charge >= 0.3 is 0 Å². The lowest BCUT2D eigenvalue weighted by atomic mass is 9.95. The summed E-state index contributed by atoms with van der Waals surface area (Å²) < 4.78 is 20.3. The normalized spacial score (nSPS) is 25.0. The number of hydrogen-bond acceptors (Lipinski definition) is 4. The number of nitrogens with one attached hydrogen (secondary N) is 1. The molecule has 2 aliphatic heterocycles. The zero-order valence-electron chi connectivity index (χ0n) is 16.8. The van der Waals surface area contributed by atoms with Gasteiger partial charge in [-0.05, 0) is 63.9 Å². The van der Waals surface area contributed by atoms with Crippen molar-refractivity contribution in [3.8, 4) is 0 Å². The van der Waals surface area contributed by atoms with Gasteiger partial charge in [-0.2, -0.15) is 0 Å². The first-order valence-corrected chi connectivity index (χ1v) is 11.0. The molecule has 0 aromatic heterocycles. The molecule has 1 aromatic carbocycles. The van der Waals surface area contributed by atoms with Gasteiger partial charge in [0.2, 0.25) is 5.91 Å². The van der Waals surface area contributed by atoms with Crippen molar-refractivity contribution in [3.63, 3.8) is 0 Å². The van der Waals surface area contributed by atoms with Crippen LogP contribution in [0.25, 0.3) is 0 Å². The van der Waals surface area contributed by atoms with E-state index in [4.69, 9.17) is 4.74 Å². The molecule has 0 aliphatic carbocycles. The molecule has 156 valence electrons. The van der Waals surface area contributed by atoms with Gasteiger partial charge < -0.3 is 15.0 Å². The second-order valence-corrected chi connectivity index (χ2v) is 9.10. The highest BCUT2D eigenvalue weighted by Crippen LogP contribution is 2.22. The van der Waals surface area contributed by atoms with Crippen molar-refractivity contribution in [1.82, 2.24) is 9.80 Å². The Kier molecular flexibility index (Phi) is 7.85. The van der Waals surface area contributed by atoms with Crippen molar-refractivity contribution < 1.29 is 13.9 Å². The molecule has 2 unspecified atom stereocenters. The number of benzene rings is 1. The molecule has 2 aliphatic rings. The molecule has 5 nitrogen and oxygen atoms in total. The van der Waals surface area contributed by atoms with E-state index in [9.17, 15) is 9.18 Å². The van der Waals surface area contributed by atoms with Crippen molar-refractivity contribution in [3.05, 3.63) is 28.5 Å². The van der Waals surface area contributed by atoms with Gasteiger partial charge in [0.1, 0.15) is 5.82 Å². The maximum absolute atomic E-state index is 13.8. The summed E-state index contributed by atoms with van der Waals surface area (Å²) in [4.78, 5) is 17.0. The van der Waals surface area contributed by atoms with Crippen molar-refractivity contribution in [2.45, 2.75) is 45.3 Å². The molecule has 0 bridgehead atoms. The predicted molar refractivity (Wildman–Crippen MR) is 113 cm³/mol. The van der Waals surface area contributed by atoms with Gasteiger partial charge in [0.25, 0.3) is 0 Å². The van der Waals surface area contributed by atoms with E-state index in [0.717, 1.165) is 45.2 Å². The van der Waals surface area contributed by atoms with E-state index in [1.165, 1.54) is 18.9 Å². The lowest BCUT2D eigenvalue weighted by Gasteiger charge is -2.39. The number of morpholine rings is 1. The molecule has 1 N–H and O–H groups in total. The molecule has 2 saturated heterocycles.